The summed E-state index contributed by atoms with van der Waals surface area (Å²) >= 11 is 6.64. The smallest absolute Gasteiger partial charge is 0.357 e. The third-order valence-electron chi connectivity index (χ3n) is 8.55. The van der Waals surface area contributed by atoms with E-state index in [-0.39, 0.29) is 12.1 Å². The number of benzene rings is 3. The maximum atomic E-state index is 14.9. The van der Waals surface area contributed by atoms with E-state index in [0.29, 0.717) is 28.0 Å². The Morgan fingerprint density at radius 3 is 2.29 bits per heavy atom. The summed E-state index contributed by atoms with van der Waals surface area (Å²) in [6.07, 6.45) is -1.33. The molecular formula is C33H31ClF4N4. The van der Waals surface area contributed by atoms with E-state index < -0.39 is 23.1 Å². The largest absolute Gasteiger partial charge is 0.416 e. The lowest BCUT2D eigenvalue weighted by Crippen LogP contribution is -2.36. The molecule has 3 heterocycles. The summed E-state index contributed by atoms with van der Waals surface area (Å²) in [6, 6.07) is 15.1. The molecule has 4 nitrogen and oxygen atoms in total. The van der Waals surface area contributed by atoms with Crippen LogP contribution in [0, 0.1) is 5.82 Å². The number of alkyl halides is 3. The first-order valence-corrected chi connectivity index (χ1v) is 14.4. The van der Waals surface area contributed by atoms with Crippen LogP contribution >= 0.6 is 11.6 Å². The zero-order valence-corrected chi connectivity index (χ0v) is 24.6. The highest BCUT2D eigenvalue weighted by molar-refractivity contribution is 6.36. The van der Waals surface area contributed by atoms with Gasteiger partial charge in [-0.2, -0.15) is 18.3 Å². The summed E-state index contributed by atoms with van der Waals surface area (Å²) in [5.41, 5.74) is 5.53. The first-order chi connectivity index (χ1) is 20.0. The van der Waals surface area contributed by atoms with Crippen LogP contribution in [0.4, 0.5) is 17.6 Å². The van der Waals surface area contributed by atoms with Crippen molar-refractivity contribution in [2.45, 2.75) is 65.3 Å². The number of aromatic amines is 1. The molecule has 3 aromatic carbocycles. The first kappa shape index (κ1) is 28.5. The van der Waals surface area contributed by atoms with Crippen LogP contribution < -0.4 is 0 Å². The molecule has 0 amide bonds. The number of aryl methyl sites for hydroxylation is 2. The summed E-state index contributed by atoms with van der Waals surface area (Å²) in [6.45, 7) is 8.63. The van der Waals surface area contributed by atoms with E-state index in [1.807, 2.05) is 29.5 Å². The molecule has 0 radical (unpaired) electrons. The van der Waals surface area contributed by atoms with Crippen LogP contribution in [-0.4, -0.2) is 19.7 Å². The SMILES string of the molecule is CCc1cccc(CC)c1-n1nc2c(c1-c1ccc(F)c3[nH]cc(Cl)c13)CN(Cc1ccccc1C(F)(F)F)C2(C)C. The van der Waals surface area contributed by atoms with Crippen molar-refractivity contribution < 1.29 is 17.6 Å². The van der Waals surface area contributed by atoms with Crippen LogP contribution in [0.3, 0.4) is 0 Å². The van der Waals surface area contributed by atoms with E-state index in [4.69, 9.17) is 16.7 Å². The number of fused-ring (bicyclic) bond motifs is 2. The van der Waals surface area contributed by atoms with Crippen molar-refractivity contribution in [2.24, 2.45) is 0 Å². The van der Waals surface area contributed by atoms with E-state index in [9.17, 15) is 17.6 Å². The Balaban J connectivity index is 1.60. The van der Waals surface area contributed by atoms with Gasteiger partial charge < -0.3 is 4.98 Å². The highest BCUT2D eigenvalue weighted by Gasteiger charge is 2.44. The molecule has 0 saturated heterocycles. The monoisotopic (exact) mass is 594 g/mol. The number of para-hydroxylation sites is 1. The molecule has 218 valence electrons. The molecule has 42 heavy (non-hydrogen) atoms. The van der Waals surface area contributed by atoms with Gasteiger partial charge in [0.15, 0.2) is 0 Å². The van der Waals surface area contributed by atoms with Gasteiger partial charge in [-0.05, 0) is 61.6 Å². The summed E-state index contributed by atoms with van der Waals surface area (Å²) in [4.78, 5) is 4.98. The molecule has 0 unspecified atom stereocenters. The van der Waals surface area contributed by atoms with Gasteiger partial charge in [0.2, 0.25) is 0 Å². The Morgan fingerprint density at radius 1 is 0.952 bits per heavy atom. The van der Waals surface area contributed by atoms with Crippen LogP contribution in [0.25, 0.3) is 27.8 Å². The quantitative estimate of drug-likeness (QED) is 0.199. The van der Waals surface area contributed by atoms with Crippen molar-refractivity contribution in [1.29, 1.82) is 0 Å². The second kappa shape index (κ2) is 10.3. The third-order valence-corrected chi connectivity index (χ3v) is 8.85. The summed E-state index contributed by atoms with van der Waals surface area (Å²) < 4.78 is 58.5. The highest BCUT2D eigenvalue weighted by Crippen LogP contribution is 2.47. The molecule has 0 fully saturated rings. The van der Waals surface area contributed by atoms with Gasteiger partial charge in [0.05, 0.1) is 38.7 Å². The predicted molar refractivity (Wildman–Crippen MR) is 158 cm³/mol. The van der Waals surface area contributed by atoms with Crippen LogP contribution in [0.1, 0.15) is 61.2 Å². The van der Waals surface area contributed by atoms with Crippen LogP contribution in [0.2, 0.25) is 5.02 Å². The second-order valence-corrected chi connectivity index (χ2v) is 11.7. The second-order valence-electron chi connectivity index (χ2n) is 11.3. The average molecular weight is 595 g/mol. The molecule has 6 rings (SSSR count). The fourth-order valence-corrected chi connectivity index (χ4v) is 6.57. The molecule has 5 aromatic rings. The van der Waals surface area contributed by atoms with Gasteiger partial charge in [-0.3, -0.25) is 4.90 Å². The Labute approximate surface area is 246 Å². The molecular weight excluding hydrogens is 564 g/mol. The minimum atomic E-state index is -4.46. The van der Waals surface area contributed by atoms with E-state index in [1.54, 1.807) is 18.3 Å². The lowest BCUT2D eigenvalue weighted by molar-refractivity contribution is -0.138. The Hall–Kier alpha value is -3.62. The Morgan fingerprint density at radius 2 is 1.62 bits per heavy atom. The minimum absolute atomic E-state index is 0.0912. The molecule has 0 bridgehead atoms. The van der Waals surface area contributed by atoms with Gasteiger partial charge >= 0.3 is 6.18 Å². The van der Waals surface area contributed by atoms with Gasteiger partial charge in [-0.25, -0.2) is 9.07 Å². The van der Waals surface area contributed by atoms with Crippen molar-refractivity contribution in [1.82, 2.24) is 19.7 Å². The number of halogens is 5. The van der Waals surface area contributed by atoms with E-state index >= 15 is 0 Å². The number of nitrogens with zero attached hydrogens (tertiary/aromatic N) is 3. The molecule has 1 aliphatic heterocycles. The van der Waals surface area contributed by atoms with Crippen LogP contribution in [0.5, 0.6) is 0 Å². The number of hydrogen-bond acceptors (Lipinski definition) is 2. The first-order valence-electron chi connectivity index (χ1n) is 14.1. The van der Waals surface area contributed by atoms with Crippen LogP contribution in [0.15, 0.2) is 60.8 Å². The summed E-state index contributed by atoms with van der Waals surface area (Å²) in [7, 11) is 0. The molecule has 0 atom stereocenters. The maximum absolute atomic E-state index is 14.9. The van der Waals surface area contributed by atoms with Crippen LogP contribution in [-0.2, 0) is 37.6 Å². The number of hydrogen-bond donors (Lipinski definition) is 1. The number of nitrogens with one attached hydrogen (secondary N) is 1. The maximum Gasteiger partial charge on any atom is 0.416 e. The van der Waals surface area contributed by atoms with Crippen molar-refractivity contribution in [3.8, 4) is 16.9 Å². The standard InChI is InChI=1S/C33H31ClF4N4/c1-5-19-11-9-12-20(6-2)29(19)42-30(22-14-15-26(35)28-27(22)25(34)16-39-28)23-18-41(32(3,4)31(23)40-42)17-21-10-7-8-13-24(21)33(36,37)38/h7-16,39H,5-6,17-18H2,1-4H3. The molecule has 9 heteroatoms. The van der Waals surface area contributed by atoms with Gasteiger partial charge in [0.1, 0.15) is 5.82 Å². The summed E-state index contributed by atoms with van der Waals surface area (Å²) in [5, 5.41) is 6.15. The number of H-pyrrole nitrogens is 1. The molecule has 0 aliphatic carbocycles. The van der Waals surface area contributed by atoms with Gasteiger partial charge in [0, 0.05) is 35.8 Å². The molecule has 1 N–H and O–H groups in total. The Bertz CT molecular complexity index is 1790. The highest BCUT2D eigenvalue weighted by atomic mass is 35.5. The number of aromatic nitrogens is 3. The fraction of sp³-hybridized carbons (Fsp3) is 0.303. The van der Waals surface area contributed by atoms with E-state index in [2.05, 4.69) is 31.0 Å². The van der Waals surface area contributed by atoms with Crippen molar-refractivity contribution in [3.05, 3.63) is 105 Å². The van der Waals surface area contributed by atoms with E-state index in [1.165, 1.54) is 18.2 Å². The average Bonchev–Trinajstić information content (AvgIpc) is 3.60. The zero-order chi connectivity index (χ0) is 30.0. The zero-order valence-electron chi connectivity index (χ0n) is 23.8. The molecule has 0 saturated carbocycles. The molecule has 1 aliphatic rings. The van der Waals surface area contributed by atoms with Gasteiger partial charge in [-0.1, -0.05) is 61.8 Å². The van der Waals surface area contributed by atoms with Crippen molar-refractivity contribution >= 4 is 22.5 Å². The Kier molecular flexibility index (Phi) is 6.97. The lowest BCUT2D eigenvalue weighted by Gasteiger charge is -2.32. The third kappa shape index (κ3) is 4.43. The lowest BCUT2D eigenvalue weighted by atomic mass is 9.96. The van der Waals surface area contributed by atoms with Crippen molar-refractivity contribution in [3.63, 3.8) is 0 Å². The normalized spacial score (nSPS) is 15.1. The summed E-state index contributed by atoms with van der Waals surface area (Å²) in [5.74, 6) is -0.419. The van der Waals surface area contributed by atoms with Crippen molar-refractivity contribution in [2.75, 3.05) is 0 Å². The van der Waals surface area contributed by atoms with Gasteiger partial charge in [-0.15, -0.1) is 0 Å². The molecule has 2 aromatic heterocycles. The number of rotatable bonds is 6. The fourth-order valence-electron chi connectivity index (χ4n) is 6.32. The van der Waals surface area contributed by atoms with Gasteiger partial charge in [0.25, 0.3) is 0 Å². The molecule has 0 spiro atoms. The predicted octanol–water partition coefficient (Wildman–Crippen LogP) is 9.21. The minimum Gasteiger partial charge on any atom is -0.357 e. The topological polar surface area (TPSA) is 36.9 Å². The van der Waals surface area contributed by atoms with E-state index in [0.717, 1.165) is 52.7 Å².